The Morgan fingerprint density at radius 2 is 1.00 bits per heavy atom. The van der Waals surface area contributed by atoms with Crippen LogP contribution in [0.5, 0.6) is 5.75 Å². The minimum absolute atomic E-state index is 0.197. The van der Waals surface area contributed by atoms with Crippen LogP contribution in [0.4, 0.5) is 0 Å². The topological polar surface area (TPSA) is 106 Å². The molecule has 0 aliphatic heterocycles. The van der Waals surface area contributed by atoms with Gasteiger partial charge < -0.3 is 20.1 Å². The van der Waals surface area contributed by atoms with Crippen molar-refractivity contribution in [3.63, 3.8) is 0 Å². The van der Waals surface area contributed by atoms with Crippen molar-refractivity contribution in [2.75, 3.05) is 0 Å². The first kappa shape index (κ1) is 21.4. The standard InChI is InChI=1S/C30H24N6O/c1-15-4-6-22-24(8-15)33-28(31-22)18-11-19(29-32-23-7-5-21(37)14-27(23)36-29)13-20(12-18)30-34-25-9-16(2)17(3)10-26(25)35-30/h4-14,37H,1-3H3,(H,31,33)(H,32,36)(H,34,35). The highest BCUT2D eigenvalue weighted by Gasteiger charge is 2.15. The van der Waals surface area contributed by atoms with Crippen LogP contribution >= 0.6 is 0 Å². The van der Waals surface area contributed by atoms with Crippen molar-refractivity contribution in [1.29, 1.82) is 0 Å². The molecule has 0 fully saturated rings. The Kier molecular flexibility index (Phi) is 4.50. The zero-order valence-electron chi connectivity index (χ0n) is 20.6. The van der Waals surface area contributed by atoms with Gasteiger partial charge in [0.2, 0.25) is 0 Å². The molecule has 0 radical (unpaired) electrons. The average Bonchev–Trinajstić information content (AvgIpc) is 3.60. The number of hydrogen-bond acceptors (Lipinski definition) is 4. The Bertz CT molecular complexity index is 1850. The van der Waals surface area contributed by atoms with E-state index in [1.165, 1.54) is 16.7 Å². The minimum Gasteiger partial charge on any atom is -0.508 e. The van der Waals surface area contributed by atoms with Crippen LogP contribution in [0.3, 0.4) is 0 Å². The van der Waals surface area contributed by atoms with E-state index in [0.29, 0.717) is 5.82 Å². The number of aromatic hydroxyl groups is 1. The molecular formula is C30H24N6O. The first-order valence-corrected chi connectivity index (χ1v) is 12.2. The van der Waals surface area contributed by atoms with E-state index in [1.807, 2.05) is 6.07 Å². The van der Waals surface area contributed by atoms with Crippen molar-refractivity contribution in [1.82, 2.24) is 29.9 Å². The summed E-state index contributed by atoms with van der Waals surface area (Å²) in [7, 11) is 0. The predicted octanol–water partition coefficient (Wildman–Crippen LogP) is 6.95. The van der Waals surface area contributed by atoms with E-state index < -0.39 is 0 Å². The molecule has 0 bridgehead atoms. The molecule has 0 aliphatic carbocycles. The molecule has 37 heavy (non-hydrogen) atoms. The fourth-order valence-corrected chi connectivity index (χ4v) is 4.84. The van der Waals surface area contributed by atoms with E-state index in [4.69, 9.17) is 15.0 Å². The minimum atomic E-state index is 0.197. The van der Waals surface area contributed by atoms with Crippen LogP contribution in [0.2, 0.25) is 0 Å². The maximum absolute atomic E-state index is 9.92. The molecule has 0 saturated heterocycles. The van der Waals surface area contributed by atoms with Crippen LogP contribution in [0.25, 0.3) is 67.3 Å². The maximum Gasteiger partial charge on any atom is 0.138 e. The predicted molar refractivity (Wildman–Crippen MR) is 148 cm³/mol. The van der Waals surface area contributed by atoms with E-state index in [0.717, 1.165) is 61.4 Å². The molecule has 7 nitrogen and oxygen atoms in total. The quantitative estimate of drug-likeness (QED) is 0.218. The number of fused-ring (bicyclic) bond motifs is 3. The van der Waals surface area contributed by atoms with Gasteiger partial charge in [-0.1, -0.05) is 6.07 Å². The molecule has 7 aromatic rings. The highest BCUT2D eigenvalue weighted by atomic mass is 16.3. The van der Waals surface area contributed by atoms with Crippen molar-refractivity contribution >= 4 is 33.1 Å². The second-order valence-electron chi connectivity index (χ2n) is 9.73. The third-order valence-electron chi connectivity index (χ3n) is 6.95. The lowest BCUT2D eigenvalue weighted by molar-refractivity contribution is 0.476. The Balaban J connectivity index is 1.44. The number of rotatable bonds is 3. The summed E-state index contributed by atoms with van der Waals surface area (Å²) in [5.74, 6) is 2.46. The summed E-state index contributed by atoms with van der Waals surface area (Å²) in [5.41, 5.74) is 11.8. The van der Waals surface area contributed by atoms with Gasteiger partial charge in [0.25, 0.3) is 0 Å². The fourth-order valence-electron chi connectivity index (χ4n) is 4.84. The molecule has 0 unspecified atom stereocenters. The summed E-state index contributed by atoms with van der Waals surface area (Å²) < 4.78 is 0. The Hall–Kier alpha value is -4.91. The number of nitrogens with zero attached hydrogens (tertiary/aromatic N) is 3. The summed E-state index contributed by atoms with van der Waals surface area (Å²) in [6.07, 6.45) is 0. The Morgan fingerprint density at radius 1 is 0.514 bits per heavy atom. The lowest BCUT2D eigenvalue weighted by atomic mass is 10.0. The molecule has 0 aliphatic rings. The number of H-pyrrole nitrogens is 3. The lowest BCUT2D eigenvalue weighted by Crippen LogP contribution is -1.89. The largest absolute Gasteiger partial charge is 0.508 e. The van der Waals surface area contributed by atoms with Crippen molar-refractivity contribution in [3.05, 3.63) is 83.4 Å². The first-order valence-electron chi connectivity index (χ1n) is 12.2. The zero-order valence-corrected chi connectivity index (χ0v) is 20.6. The van der Waals surface area contributed by atoms with Crippen LogP contribution in [0.1, 0.15) is 16.7 Å². The van der Waals surface area contributed by atoms with E-state index in [2.05, 4.69) is 78.2 Å². The molecule has 4 N–H and O–H groups in total. The van der Waals surface area contributed by atoms with Gasteiger partial charge in [-0.05, 0) is 92.1 Å². The van der Waals surface area contributed by atoms with Crippen LogP contribution in [-0.2, 0) is 0 Å². The van der Waals surface area contributed by atoms with E-state index in [1.54, 1.807) is 18.2 Å². The molecule has 0 saturated carbocycles. The van der Waals surface area contributed by atoms with Crippen LogP contribution in [0.15, 0.2) is 66.7 Å². The number of nitrogens with one attached hydrogen (secondary N) is 3. The van der Waals surface area contributed by atoms with Crippen molar-refractivity contribution in [2.45, 2.75) is 20.8 Å². The number of aromatic nitrogens is 6. The first-order chi connectivity index (χ1) is 17.9. The number of phenolic OH excluding ortho intramolecular Hbond substituents is 1. The van der Waals surface area contributed by atoms with Gasteiger partial charge in [-0.15, -0.1) is 0 Å². The molecule has 0 spiro atoms. The number of imidazole rings is 3. The average molecular weight is 485 g/mol. The molecular weight excluding hydrogens is 460 g/mol. The van der Waals surface area contributed by atoms with Gasteiger partial charge in [-0.3, -0.25) is 0 Å². The third-order valence-corrected chi connectivity index (χ3v) is 6.95. The van der Waals surface area contributed by atoms with Gasteiger partial charge in [0.05, 0.1) is 33.1 Å². The summed E-state index contributed by atoms with van der Waals surface area (Å²) in [4.78, 5) is 24.9. The second kappa shape index (κ2) is 7.80. The third kappa shape index (κ3) is 3.63. The maximum atomic E-state index is 9.92. The Morgan fingerprint density at radius 3 is 1.62 bits per heavy atom. The number of phenols is 1. The van der Waals surface area contributed by atoms with E-state index in [9.17, 15) is 5.11 Å². The van der Waals surface area contributed by atoms with E-state index in [-0.39, 0.29) is 5.75 Å². The van der Waals surface area contributed by atoms with Gasteiger partial charge in [0.1, 0.15) is 23.2 Å². The van der Waals surface area contributed by atoms with Crippen molar-refractivity contribution < 1.29 is 5.11 Å². The number of hydrogen-bond donors (Lipinski definition) is 4. The highest BCUT2D eigenvalue weighted by molar-refractivity contribution is 5.87. The SMILES string of the molecule is Cc1ccc2nc(-c3cc(-c4nc5ccc(O)cc5[nH]4)cc(-c4nc5cc(C)c(C)cc5[nH]4)c3)[nH]c2c1. The number of benzene rings is 4. The van der Waals surface area contributed by atoms with Crippen LogP contribution in [-0.4, -0.2) is 35.0 Å². The summed E-state index contributed by atoms with van der Waals surface area (Å²) in [5, 5.41) is 9.92. The van der Waals surface area contributed by atoms with Crippen LogP contribution < -0.4 is 0 Å². The summed E-state index contributed by atoms with van der Waals surface area (Å²) in [6, 6.07) is 21.8. The molecule has 4 aromatic carbocycles. The van der Waals surface area contributed by atoms with Crippen molar-refractivity contribution in [2.24, 2.45) is 0 Å². The highest BCUT2D eigenvalue weighted by Crippen LogP contribution is 2.33. The Labute approximate surface area is 212 Å². The van der Waals surface area contributed by atoms with Gasteiger partial charge in [-0.25, -0.2) is 15.0 Å². The summed E-state index contributed by atoms with van der Waals surface area (Å²) in [6.45, 7) is 6.28. The van der Waals surface area contributed by atoms with Gasteiger partial charge in [-0.2, -0.15) is 0 Å². The molecule has 0 amide bonds. The fraction of sp³-hybridized carbons (Fsp3) is 0.100. The molecule has 0 atom stereocenters. The molecule has 3 heterocycles. The van der Waals surface area contributed by atoms with Gasteiger partial charge in [0.15, 0.2) is 0 Å². The molecule has 180 valence electrons. The van der Waals surface area contributed by atoms with E-state index >= 15 is 0 Å². The van der Waals surface area contributed by atoms with Gasteiger partial charge in [0, 0.05) is 22.8 Å². The monoisotopic (exact) mass is 484 g/mol. The molecule has 3 aromatic heterocycles. The normalized spacial score (nSPS) is 11.8. The number of aryl methyl sites for hydroxylation is 3. The second-order valence-corrected chi connectivity index (χ2v) is 9.73. The zero-order chi connectivity index (χ0) is 25.3. The molecule has 7 rings (SSSR count). The van der Waals surface area contributed by atoms with Gasteiger partial charge >= 0.3 is 0 Å². The lowest BCUT2D eigenvalue weighted by Gasteiger charge is -2.06. The van der Waals surface area contributed by atoms with Crippen LogP contribution in [0, 0.1) is 20.8 Å². The smallest absolute Gasteiger partial charge is 0.138 e. The number of aromatic amines is 3. The van der Waals surface area contributed by atoms with Crippen molar-refractivity contribution in [3.8, 4) is 39.9 Å². The molecule has 7 heteroatoms. The summed E-state index contributed by atoms with van der Waals surface area (Å²) >= 11 is 0.